The molecular weight excluding hydrogens is 323 g/mol. The van der Waals surface area contributed by atoms with Crippen LogP contribution in [0.5, 0.6) is 0 Å². The third-order valence-electron chi connectivity index (χ3n) is 3.64. The van der Waals surface area contributed by atoms with Crippen LogP contribution in [0, 0.1) is 0 Å². The standard InChI is InChI=1S/C16H12F3N3O2/c17-16(18,19)11-6-4-10(5-7-11)13-14(23)22(15(24)21-13)9-12-3-1-2-8-20-12/h1-8,13H,9H2,(H,21,24). The van der Waals surface area contributed by atoms with Crippen LogP contribution < -0.4 is 5.32 Å². The molecule has 124 valence electrons. The predicted octanol–water partition coefficient (Wildman–Crippen LogP) is 2.89. The number of alkyl halides is 3. The number of benzene rings is 1. The molecule has 0 saturated carbocycles. The minimum absolute atomic E-state index is 0.00262. The number of halogens is 3. The highest BCUT2D eigenvalue weighted by Gasteiger charge is 2.39. The maximum atomic E-state index is 12.6. The quantitative estimate of drug-likeness (QED) is 0.878. The molecule has 1 unspecified atom stereocenters. The number of carbonyl (C=O) groups excluding carboxylic acids is 2. The van der Waals surface area contributed by atoms with Crippen molar-refractivity contribution in [2.24, 2.45) is 0 Å². The van der Waals surface area contributed by atoms with E-state index in [0.29, 0.717) is 11.3 Å². The van der Waals surface area contributed by atoms with Gasteiger partial charge in [0, 0.05) is 6.20 Å². The maximum absolute atomic E-state index is 12.6. The number of aromatic nitrogens is 1. The average molecular weight is 335 g/mol. The molecule has 3 rings (SSSR count). The Kier molecular flexibility index (Phi) is 3.96. The van der Waals surface area contributed by atoms with E-state index in [4.69, 9.17) is 0 Å². The summed E-state index contributed by atoms with van der Waals surface area (Å²) in [5, 5.41) is 2.48. The predicted molar refractivity (Wildman–Crippen MR) is 77.5 cm³/mol. The summed E-state index contributed by atoms with van der Waals surface area (Å²) in [4.78, 5) is 29.4. The van der Waals surface area contributed by atoms with Crippen LogP contribution in [0.2, 0.25) is 0 Å². The minimum atomic E-state index is -4.45. The average Bonchev–Trinajstić information content (AvgIpc) is 2.83. The van der Waals surface area contributed by atoms with Crippen molar-refractivity contribution in [1.82, 2.24) is 15.2 Å². The lowest BCUT2D eigenvalue weighted by Crippen LogP contribution is -2.30. The summed E-state index contributed by atoms with van der Waals surface area (Å²) in [6.45, 7) is 0.00262. The van der Waals surface area contributed by atoms with E-state index in [-0.39, 0.29) is 6.54 Å². The molecule has 1 fully saturated rings. The fourth-order valence-corrected chi connectivity index (χ4v) is 2.41. The second-order valence-corrected chi connectivity index (χ2v) is 5.25. The van der Waals surface area contributed by atoms with Gasteiger partial charge in [0.05, 0.1) is 17.8 Å². The molecule has 1 aliphatic heterocycles. The van der Waals surface area contributed by atoms with Crippen molar-refractivity contribution >= 4 is 11.9 Å². The van der Waals surface area contributed by atoms with Crippen LogP contribution in [-0.4, -0.2) is 21.8 Å². The number of imide groups is 1. The number of nitrogens with zero attached hydrogens (tertiary/aromatic N) is 2. The van der Waals surface area contributed by atoms with E-state index in [0.717, 1.165) is 17.0 Å². The summed E-state index contributed by atoms with van der Waals surface area (Å²) in [6.07, 6.45) is -2.91. The monoisotopic (exact) mass is 335 g/mol. The molecular formula is C16H12F3N3O2. The molecule has 1 aliphatic rings. The molecule has 0 aliphatic carbocycles. The van der Waals surface area contributed by atoms with Crippen molar-refractivity contribution in [1.29, 1.82) is 0 Å². The zero-order valence-corrected chi connectivity index (χ0v) is 12.2. The van der Waals surface area contributed by atoms with Crippen molar-refractivity contribution in [3.05, 3.63) is 65.5 Å². The topological polar surface area (TPSA) is 62.3 Å². The zero-order chi connectivity index (χ0) is 17.3. The number of amides is 3. The van der Waals surface area contributed by atoms with Crippen molar-refractivity contribution in [3.63, 3.8) is 0 Å². The number of nitrogens with one attached hydrogen (secondary N) is 1. The van der Waals surface area contributed by atoms with Crippen LogP contribution in [0.15, 0.2) is 48.7 Å². The number of carbonyl (C=O) groups is 2. The molecule has 3 amide bonds. The summed E-state index contributed by atoms with van der Waals surface area (Å²) in [5.74, 6) is -0.523. The van der Waals surface area contributed by atoms with E-state index in [9.17, 15) is 22.8 Å². The van der Waals surface area contributed by atoms with Gasteiger partial charge >= 0.3 is 12.2 Å². The molecule has 2 heterocycles. The van der Waals surface area contributed by atoms with Crippen molar-refractivity contribution in [2.45, 2.75) is 18.8 Å². The van der Waals surface area contributed by atoms with Crippen LogP contribution in [0.4, 0.5) is 18.0 Å². The number of pyridine rings is 1. The summed E-state index contributed by atoms with van der Waals surface area (Å²) in [5.41, 5.74) is 0.0207. The molecule has 24 heavy (non-hydrogen) atoms. The lowest BCUT2D eigenvalue weighted by molar-refractivity contribution is -0.137. The first-order valence-corrected chi connectivity index (χ1v) is 7.05. The maximum Gasteiger partial charge on any atom is 0.416 e. The van der Waals surface area contributed by atoms with Crippen LogP contribution in [0.25, 0.3) is 0 Å². The normalized spacial score (nSPS) is 18.0. The van der Waals surface area contributed by atoms with Gasteiger partial charge < -0.3 is 5.32 Å². The molecule has 1 saturated heterocycles. The molecule has 0 radical (unpaired) electrons. The Balaban J connectivity index is 1.78. The van der Waals surface area contributed by atoms with Gasteiger partial charge in [-0.25, -0.2) is 4.79 Å². The largest absolute Gasteiger partial charge is 0.416 e. The molecule has 1 N–H and O–H groups in total. The molecule has 1 aromatic heterocycles. The Morgan fingerprint density at radius 3 is 2.38 bits per heavy atom. The smallest absolute Gasteiger partial charge is 0.322 e. The summed E-state index contributed by atoms with van der Waals surface area (Å²) >= 11 is 0. The number of hydrogen-bond acceptors (Lipinski definition) is 3. The Morgan fingerprint density at radius 1 is 1.08 bits per heavy atom. The second-order valence-electron chi connectivity index (χ2n) is 5.25. The fourth-order valence-electron chi connectivity index (χ4n) is 2.41. The van der Waals surface area contributed by atoms with Crippen LogP contribution in [0.1, 0.15) is 22.9 Å². The van der Waals surface area contributed by atoms with Crippen molar-refractivity contribution < 1.29 is 22.8 Å². The summed E-state index contributed by atoms with van der Waals surface area (Å²) in [6, 6.07) is 7.66. The highest BCUT2D eigenvalue weighted by molar-refractivity contribution is 6.04. The highest BCUT2D eigenvalue weighted by atomic mass is 19.4. The summed E-state index contributed by atoms with van der Waals surface area (Å²) in [7, 11) is 0. The van der Waals surface area contributed by atoms with Gasteiger partial charge in [-0.1, -0.05) is 18.2 Å². The number of urea groups is 1. The first-order valence-electron chi connectivity index (χ1n) is 7.05. The third kappa shape index (κ3) is 3.08. The summed E-state index contributed by atoms with van der Waals surface area (Å²) < 4.78 is 37.8. The van der Waals surface area contributed by atoms with E-state index in [1.807, 2.05) is 0 Å². The number of rotatable bonds is 3. The lowest BCUT2D eigenvalue weighted by atomic mass is 10.0. The highest BCUT2D eigenvalue weighted by Crippen LogP contribution is 2.31. The molecule has 2 aromatic rings. The van der Waals surface area contributed by atoms with E-state index in [1.54, 1.807) is 24.4 Å². The molecule has 1 atom stereocenters. The Hall–Kier alpha value is -2.90. The van der Waals surface area contributed by atoms with Gasteiger partial charge in [-0.3, -0.25) is 14.7 Å². The molecule has 8 heteroatoms. The van der Waals surface area contributed by atoms with Gasteiger partial charge in [0.1, 0.15) is 6.04 Å². The Bertz CT molecular complexity index is 760. The van der Waals surface area contributed by atoms with Gasteiger partial charge in [0.15, 0.2) is 0 Å². The molecule has 0 spiro atoms. The molecule has 0 bridgehead atoms. The first-order chi connectivity index (χ1) is 11.4. The van der Waals surface area contributed by atoms with Crippen molar-refractivity contribution in [3.8, 4) is 0 Å². The van der Waals surface area contributed by atoms with Crippen LogP contribution in [-0.2, 0) is 17.5 Å². The van der Waals surface area contributed by atoms with Crippen LogP contribution >= 0.6 is 0 Å². The third-order valence-corrected chi connectivity index (χ3v) is 3.64. The molecule has 1 aromatic carbocycles. The Morgan fingerprint density at radius 2 is 1.79 bits per heavy atom. The van der Waals surface area contributed by atoms with Crippen LogP contribution in [0.3, 0.4) is 0 Å². The van der Waals surface area contributed by atoms with E-state index in [2.05, 4.69) is 10.3 Å². The van der Waals surface area contributed by atoms with Gasteiger partial charge in [-0.2, -0.15) is 13.2 Å². The van der Waals surface area contributed by atoms with E-state index < -0.39 is 29.7 Å². The van der Waals surface area contributed by atoms with Gasteiger partial charge in [0.2, 0.25) is 0 Å². The van der Waals surface area contributed by atoms with Gasteiger partial charge in [-0.15, -0.1) is 0 Å². The van der Waals surface area contributed by atoms with E-state index in [1.165, 1.54) is 12.1 Å². The van der Waals surface area contributed by atoms with Gasteiger partial charge in [-0.05, 0) is 29.8 Å². The fraction of sp³-hybridized carbons (Fsp3) is 0.188. The SMILES string of the molecule is O=C1NC(c2ccc(C(F)(F)F)cc2)C(=O)N1Cc1ccccn1. The minimum Gasteiger partial charge on any atom is -0.322 e. The van der Waals surface area contributed by atoms with Gasteiger partial charge in [0.25, 0.3) is 5.91 Å². The van der Waals surface area contributed by atoms with E-state index >= 15 is 0 Å². The van der Waals surface area contributed by atoms with Crippen molar-refractivity contribution in [2.75, 3.05) is 0 Å². The number of hydrogen-bond donors (Lipinski definition) is 1. The lowest BCUT2D eigenvalue weighted by Gasteiger charge is -2.13. The Labute approximate surface area is 135 Å². The zero-order valence-electron chi connectivity index (χ0n) is 12.2. The molecule has 5 nitrogen and oxygen atoms in total. The first kappa shape index (κ1) is 16.0. The second kappa shape index (κ2) is 5.95.